The van der Waals surface area contributed by atoms with Crippen molar-refractivity contribution < 1.29 is 0 Å². The topological polar surface area (TPSA) is 0 Å². The van der Waals surface area contributed by atoms with Crippen LogP contribution in [0, 0.1) is 0 Å². The third-order valence-corrected chi connectivity index (χ3v) is 12.1. The van der Waals surface area contributed by atoms with Gasteiger partial charge in [-0.05, 0) is 50.2 Å². The van der Waals surface area contributed by atoms with E-state index in [1.54, 1.807) is 0 Å². The molecule has 1 atom stereocenters. The molecule has 0 saturated carbocycles. The molecule has 0 aliphatic heterocycles. The first-order valence-corrected chi connectivity index (χ1v) is 16.0. The van der Waals surface area contributed by atoms with Gasteiger partial charge in [-0.1, -0.05) is 177 Å². The summed E-state index contributed by atoms with van der Waals surface area (Å²) in [6.45, 7) is 4.53. The molecule has 5 aromatic carbocycles. The Morgan fingerprint density at radius 2 is 0.846 bits per heavy atom. The summed E-state index contributed by atoms with van der Waals surface area (Å²) in [7, 11) is -2.39. The molecule has 0 radical (unpaired) electrons. The lowest BCUT2D eigenvalue weighted by Gasteiger charge is -2.30. The Hall–Kier alpha value is -4.20. The lowest BCUT2D eigenvalue weighted by atomic mass is 9.97. The van der Waals surface area contributed by atoms with Crippen LogP contribution in [0.3, 0.4) is 0 Å². The van der Waals surface area contributed by atoms with Crippen LogP contribution in [0.1, 0.15) is 48.4 Å². The van der Waals surface area contributed by atoms with E-state index in [-0.39, 0.29) is 0 Å². The fourth-order valence-electron chi connectivity index (χ4n) is 5.20. The lowest BCUT2D eigenvalue weighted by Crippen LogP contribution is -2.66. The molecule has 0 bridgehead atoms. The zero-order valence-electron chi connectivity index (χ0n) is 22.9. The molecule has 39 heavy (non-hydrogen) atoms. The van der Waals surface area contributed by atoms with Crippen molar-refractivity contribution in [2.24, 2.45) is 0 Å². The minimum atomic E-state index is -2.39. The summed E-state index contributed by atoms with van der Waals surface area (Å²) in [5.41, 5.74) is 7.55. The number of rotatable bonds is 9. The quantitative estimate of drug-likeness (QED) is 0.105. The molecule has 5 rings (SSSR count). The van der Waals surface area contributed by atoms with Gasteiger partial charge in [0.15, 0.2) is 8.07 Å². The number of hydrogen-bond donors (Lipinski definition) is 0. The third kappa shape index (κ3) is 6.11. The third-order valence-electron chi connectivity index (χ3n) is 7.74. The van der Waals surface area contributed by atoms with E-state index in [9.17, 15) is 0 Å². The van der Waals surface area contributed by atoms with Crippen molar-refractivity contribution in [2.45, 2.75) is 26.2 Å². The van der Waals surface area contributed by atoms with Crippen molar-refractivity contribution in [3.05, 3.63) is 167 Å². The Kier molecular flexibility index (Phi) is 8.50. The maximum atomic E-state index is 2.50. The summed E-state index contributed by atoms with van der Waals surface area (Å²) in [6, 6.07) is 50.9. The molecular formula is C38H36Si. The molecule has 0 aliphatic carbocycles. The van der Waals surface area contributed by atoms with Crippen LogP contribution < -0.4 is 15.6 Å². The Morgan fingerprint density at radius 3 is 1.23 bits per heavy atom. The van der Waals surface area contributed by atoms with Crippen LogP contribution in [0.2, 0.25) is 0 Å². The second-order valence-electron chi connectivity index (χ2n) is 10.2. The van der Waals surface area contributed by atoms with Crippen molar-refractivity contribution in [1.82, 2.24) is 0 Å². The highest BCUT2D eigenvalue weighted by Crippen LogP contribution is 2.20. The monoisotopic (exact) mass is 520 g/mol. The van der Waals surface area contributed by atoms with Crippen molar-refractivity contribution in [3.8, 4) is 0 Å². The highest BCUT2D eigenvalue weighted by Gasteiger charge is 2.36. The Morgan fingerprint density at radius 1 is 0.487 bits per heavy atom. The molecule has 0 nitrogen and oxygen atoms in total. The van der Waals surface area contributed by atoms with Crippen LogP contribution in [0.25, 0.3) is 18.2 Å². The summed E-state index contributed by atoms with van der Waals surface area (Å²) < 4.78 is 0. The molecule has 0 heterocycles. The van der Waals surface area contributed by atoms with Gasteiger partial charge in [0, 0.05) is 0 Å². The maximum absolute atomic E-state index is 2.50. The van der Waals surface area contributed by atoms with E-state index >= 15 is 0 Å². The largest absolute Gasteiger partial charge is 0.172 e. The predicted molar refractivity (Wildman–Crippen MR) is 174 cm³/mol. The van der Waals surface area contributed by atoms with Crippen LogP contribution in [0.15, 0.2) is 145 Å². The van der Waals surface area contributed by atoms with Crippen molar-refractivity contribution in [3.63, 3.8) is 0 Å². The molecule has 1 heteroatoms. The first kappa shape index (κ1) is 26.4. The molecule has 5 aromatic rings. The summed E-state index contributed by atoms with van der Waals surface area (Å²) in [4.78, 5) is 0. The van der Waals surface area contributed by atoms with Crippen molar-refractivity contribution >= 4 is 41.9 Å². The van der Waals surface area contributed by atoms with Crippen LogP contribution in [0.4, 0.5) is 0 Å². The minimum Gasteiger partial charge on any atom is -0.0812 e. The molecule has 0 spiro atoms. The average molecular weight is 521 g/mol. The smallest absolute Gasteiger partial charge is 0.0812 e. The minimum absolute atomic E-state index is 0.607. The normalized spacial score (nSPS) is 12.7. The second-order valence-corrected chi connectivity index (χ2v) is 13.9. The van der Waals surface area contributed by atoms with Crippen molar-refractivity contribution in [2.75, 3.05) is 0 Å². The summed E-state index contributed by atoms with van der Waals surface area (Å²) in [6.07, 6.45) is 7.88. The Labute approximate surface area is 235 Å². The molecule has 0 aliphatic rings. The molecule has 0 amide bonds. The van der Waals surface area contributed by atoms with Gasteiger partial charge in [-0.2, -0.15) is 0 Å². The fraction of sp³-hybridized carbons (Fsp3) is 0.105. The average Bonchev–Trinajstić information content (AvgIpc) is 3.02. The summed E-state index contributed by atoms with van der Waals surface area (Å²) in [5, 5.41) is 4.16. The van der Waals surface area contributed by atoms with Gasteiger partial charge in [0.1, 0.15) is 0 Å². The standard InChI is InChI=1S/C38H36Si/c1-3-31(2)35-27-25-33(26-28-35)20-19-32-21-23-34(24-22-32)29-30-39(36-13-7-4-8-14-36,37-15-9-5-10-16-37)38-17-11-6-12-18-38/h4-31H,3H2,1-2H3. The molecular weight excluding hydrogens is 485 g/mol. The van der Waals surface area contributed by atoms with Crippen LogP contribution in [0.5, 0.6) is 0 Å². The van der Waals surface area contributed by atoms with Gasteiger partial charge in [0.2, 0.25) is 0 Å². The van der Waals surface area contributed by atoms with Gasteiger partial charge in [-0.15, -0.1) is 0 Å². The highest BCUT2D eigenvalue weighted by atomic mass is 28.3. The van der Waals surface area contributed by atoms with E-state index < -0.39 is 8.07 Å². The van der Waals surface area contributed by atoms with Gasteiger partial charge in [-0.3, -0.25) is 0 Å². The Bertz CT molecular complexity index is 1400. The molecule has 0 aromatic heterocycles. The SMILES string of the molecule is CCC(C)c1ccc(C=Cc2ccc(C=C[Si](c3ccccc3)(c3ccccc3)c3ccccc3)cc2)cc1. The summed E-state index contributed by atoms with van der Waals surface area (Å²) in [5.74, 6) is 0.607. The van der Waals surface area contributed by atoms with E-state index in [2.05, 4.69) is 177 Å². The molecule has 1 unspecified atom stereocenters. The van der Waals surface area contributed by atoms with E-state index in [4.69, 9.17) is 0 Å². The highest BCUT2D eigenvalue weighted by molar-refractivity contribution is 7.15. The Balaban J connectivity index is 1.45. The van der Waals surface area contributed by atoms with E-state index in [1.807, 2.05) is 0 Å². The van der Waals surface area contributed by atoms with E-state index in [1.165, 1.54) is 44.2 Å². The van der Waals surface area contributed by atoms with E-state index in [0.717, 1.165) is 0 Å². The maximum Gasteiger partial charge on any atom is 0.172 e. The predicted octanol–water partition coefficient (Wildman–Crippen LogP) is 8.09. The van der Waals surface area contributed by atoms with Gasteiger partial charge >= 0.3 is 0 Å². The summed E-state index contributed by atoms with van der Waals surface area (Å²) >= 11 is 0. The zero-order chi connectivity index (χ0) is 26.9. The first-order chi connectivity index (χ1) is 19.2. The molecule has 0 fully saturated rings. The second kappa shape index (κ2) is 12.6. The van der Waals surface area contributed by atoms with Crippen molar-refractivity contribution in [1.29, 1.82) is 0 Å². The molecule has 0 N–H and O–H groups in total. The van der Waals surface area contributed by atoms with Gasteiger partial charge in [-0.25, -0.2) is 0 Å². The van der Waals surface area contributed by atoms with Gasteiger partial charge < -0.3 is 0 Å². The molecule has 0 saturated heterocycles. The fourth-order valence-corrected chi connectivity index (χ4v) is 9.37. The van der Waals surface area contributed by atoms with E-state index in [0.29, 0.717) is 5.92 Å². The first-order valence-electron chi connectivity index (χ1n) is 13.9. The van der Waals surface area contributed by atoms with Crippen LogP contribution >= 0.6 is 0 Å². The molecule has 192 valence electrons. The van der Waals surface area contributed by atoms with Gasteiger partial charge in [0.05, 0.1) is 0 Å². The number of hydrogen-bond acceptors (Lipinski definition) is 0. The number of benzene rings is 5. The zero-order valence-corrected chi connectivity index (χ0v) is 23.9. The van der Waals surface area contributed by atoms with Crippen LogP contribution in [-0.4, -0.2) is 8.07 Å². The van der Waals surface area contributed by atoms with Gasteiger partial charge in [0.25, 0.3) is 0 Å². The lowest BCUT2D eigenvalue weighted by molar-refractivity contribution is 0.733. The van der Waals surface area contributed by atoms with Crippen LogP contribution in [-0.2, 0) is 0 Å².